The quantitative estimate of drug-likeness (QED) is 0.571. The van der Waals surface area contributed by atoms with Crippen LogP contribution in [0, 0.1) is 5.41 Å². The van der Waals surface area contributed by atoms with Crippen LogP contribution in [-0.2, 0) is 0 Å². The Labute approximate surface area is 79.7 Å². The summed E-state index contributed by atoms with van der Waals surface area (Å²) in [6, 6.07) is 11.9. The molecule has 0 bridgehead atoms. The van der Waals surface area contributed by atoms with E-state index in [2.05, 4.69) is 0 Å². The summed E-state index contributed by atoms with van der Waals surface area (Å²) in [5, 5.41) is 8.79. The Hall–Kier alpha value is -2.03. The Morgan fingerprint density at radius 1 is 1.14 bits per heavy atom. The van der Waals surface area contributed by atoms with Gasteiger partial charge in [-0.1, -0.05) is 18.2 Å². The molecule has 0 saturated heterocycles. The molecule has 0 atom stereocenters. The molecule has 0 unspecified atom stereocenters. The summed E-state index contributed by atoms with van der Waals surface area (Å²) in [7, 11) is 0. The van der Waals surface area contributed by atoms with E-state index in [1.165, 1.54) is 6.26 Å². The summed E-state index contributed by atoms with van der Waals surface area (Å²) in [6.07, 6.45) is 1.54. The number of hydrogen-bond donors (Lipinski definition) is 1. The highest BCUT2D eigenvalue weighted by Gasteiger charge is 2.02. The molecule has 0 amide bonds. The lowest BCUT2D eigenvalue weighted by molar-refractivity contribution is 0.453. The van der Waals surface area contributed by atoms with Gasteiger partial charge in [0, 0.05) is 5.39 Å². The van der Waals surface area contributed by atoms with Gasteiger partial charge >= 0.3 is 0 Å². The third kappa shape index (κ3) is 0.836. The second-order valence-corrected chi connectivity index (χ2v) is 3.19. The highest BCUT2D eigenvalue weighted by Crippen LogP contribution is 2.17. The van der Waals surface area contributed by atoms with Gasteiger partial charge in [-0.3, -0.25) is 9.81 Å². The molecule has 14 heavy (non-hydrogen) atoms. The molecule has 3 aromatic rings. The molecule has 0 aliphatic carbocycles. The number of nitrogens with one attached hydrogen (secondary N) is 1. The lowest BCUT2D eigenvalue weighted by Gasteiger charge is -1.94. The first kappa shape index (κ1) is 7.38. The molecule has 0 fully saturated rings. The number of nitrogens with zero attached hydrogens (tertiary/aromatic N) is 1. The number of benzene rings is 1. The smallest absolute Gasteiger partial charge is 0.298 e. The predicted molar refractivity (Wildman–Crippen MR) is 53.0 cm³/mol. The van der Waals surface area contributed by atoms with Crippen LogP contribution in [0.1, 0.15) is 0 Å². The van der Waals surface area contributed by atoms with Crippen LogP contribution in [-0.4, -0.2) is 4.40 Å². The number of aromatic nitrogens is 1. The summed E-state index contributed by atoms with van der Waals surface area (Å²) in [6.45, 7) is 0. The van der Waals surface area contributed by atoms with Crippen molar-refractivity contribution >= 4 is 16.4 Å². The van der Waals surface area contributed by atoms with Crippen molar-refractivity contribution in [3.05, 3.63) is 48.3 Å². The SMILES string of the molecule is N=c1occc2cc3ccccc3n12. The van der Waals surface area contributed by atoms with Crippen LogP contribution in [0.15, 0.2) is 47.1 Å². The highest BCUT2D eigenvalue weighted by molar-refractivity contribution is 5.86. The van der Waals surface area contributed by atoms with E-state index in [0.29, 0.717) is 0 Å². The highest BCUT2D eigenvalue weighted by atomic mass is 16.3. The van der Waals surface area contributed by atoms with Crippen LogP contribution in [0.5, 0.6) is 0 Å². The van der Waals surface area contributed by atoms with Crippen molar-refractivity contribution in [1.29, 1.82) is 5.41 Å². The molecule has 0 spiro atoms. The van der Waals surface area contributed by atoms with Gasteiger partial charge in [0.05, 0.1) is 17.3 Å². The monoisotopic (exact) mass is 184 g/mol. The van der Waals surface area contributed by atoms with Crippen LogP contribution in [0.4, 0.5) is 0 Å². The minimum Gasteiger partial charge on any atom is -0.434 e. The maximum atomic E-state index is 7.66. The van der Waals surface area contributed by atoms with E-state index in [9.17, 15) is 0 Å². The van der Waals surface area contributed by atoms with E-state index in [0.717, 1.165) is 16.4 Å². The van der Waals surface area contributed by atoms with Gasteiger partial charge in [0.25, 0.3) is 5.68 Å². The Morgan fingerprint density at radius 3 is 2.93 bits per heavy atom. The van der Waals surface area contributed by atoms with Crippen molar-refractivity contribution in [3.63, 3.8) is 0 Å². The molecular weight excluding hydrogens is 176 g/mol. The molecular formula is C11H8N2O. The Kier molecular flexibility index (Phi) is 1.31. The summed E-state index contributed by atoms with van der Waals surface area (Å²) >= 11 is 0. The first-order chi connectivity index (χ1) is 6.86. The van der Waals surface area contributed by atoms with Gasteiger partial charge in [-0.2, -0.15) is 0 Å². The van der Waals surface area contributed by atoms with Gasteiger partial charge in [0.1, 0.15) is 0 Å². The van der Waals surface area contributed by atoms with E-state index in [4.69, 9.17) is 9.83 Å². The summed E-state index contributed by atoms with van der Waals surface area (Å²) < 4.78 is 6.82. The number of hydrogen-bond acceptors (Lipinski definition) is 2. The molecule has 3 heteroatoms. The molecule has 2 aromatic heterocycles. The molecule has 1 aromatic carbocycles. The molecule has 0 saturated carbocycles. The minimum absolute atomic E-state index is 0.156. The maximum absolute atomic E-state index is 7.66. The first-order valence-corrected chi connectivity index (χ1v) is 4.39. The summed E-state index contributed by atoms with van der Waals surface area (Å²) in [5.41, 5.74) is 2.16. The van der Waals surface area contributed by atoms with Crippen molar-refractivity contribution in [2.45, 2.75) is 0 Å². The van der Waals surface area contributed by atoms with Crippen molar-refractivity contribution in [2.24, 2.45) is 0 Å². The summed E-state index contributed by atoms with van der Waals surface area (Å²) in [5.74, 6) is 0. The van der Waals surface area contributed by atoms with Crippen LogP contribution >= 0.6 is 0 Å². The van der Waals surface area contributed by atoms with Crippen LogP contribution in [0.3, 0.4) is 0 Å². The van der Waals surface area contributed by atoms with Crippen LogP contribution < -0.4 is 5.68 Å². The van der Waals surface area contributed by atoms with Gasteiger partial charge in [-0.05, 0) is 18.2 Å². The van der Waals surface area contributed by atoms with Crippen LogP contribution in [0.2, 0.25) is 0 Å². The molecule has 3 rings (SSSR count). The van der Waals surface area contributed by atoms with E-state index >= 15 is 0 Å². The molecule has 0 aliphatic heterocycles. The molecule has 0 aliphatic rings. The fourth-order valence-electron chi connectivity index (χ4n) is 1.75. The number of fused-ring (bicyclic) bond motifs is 3. The third-order valence-corrected chi connectivity index (χ3v) is 2.36. The molecule has 1 N–H and O–H groups in total. The van der Waals surface area contributed by atoms with Gasteiger partial charge in [0.2, 0.25) is 0 Å². The first-order valence-electron chi connectivity index (χ1n) is 4.39. The van der Waals surface area contributed by atoms with Gasteiger partial charge < -0.3 is 4.42 Å². The summed E-state index contributed by atoms with van der Waals surface area (Å²) in [4.78, 5) is 0. The lowest BCUT2D eigenvalue weighted by atomic mass is 10.2. The minimum atomic E-state index is 0.156. The number of para-hydroxylation sites is 1. The maximum Gasteiger partial charge on any atom is 0.298 e. The molecule has 3 nitrogen and oxygen atoms in total. The fraction of sp³-hybridized carbons (Fsp3) is 0. The van der Waals surface area contributed by atoms with Crippen molar-refractivity contribution in [1.82, 2.24) is 4.40 Å². The molecule has 68 valence electrons. The zero-order chi connectivity index (χ0) is 9.54. The van der Waals surface area contributed by atoms with Crippen LogP contribution in [0.25, 0.3) is 16.4 Å². The largest absolute Gasteiger partial charge is 0.434 e. The van der Waals surface area contributed by atoms with Gasteiger partial charge in [0.15, 0.2) is 0 Å². The van der Waals surface area contributed by atoms with Crippen molar-refractivity contribution in [3.8, 4) is 0 Å². The van der Waals surface area contributed by atoms with Crippen molar-refractivity contribution < 1.29 is 4.42 Å². The van der Waals surface area contributed by atoms with E-state index in [1.807, 2.05) is 36.4 Å². The standard InChI is InChI=1S/C11H8N2O/c12-11-13-9(5-6-14-11)7-8-3-1-2-4-10(8)13/h1-7,12H. The fourth-order valence-corrected chi connectivity index (χ4v) is 1.75. The predicted octanol–water partition coefficient (Wildman–Crippen LogP) is 2.16. The van der Waals surface area contributed by atoms with E-state index < -0.39 is 0 Å². The second kappa shape index (κ2) is 2.48. The lowest BCUT2D eigenvalue weighted by Crippen LogP contribution is -2.09. The Balaban J connectivity index is 2.73. The van der Waals surface area contributed by atoms with Gasteiger partial charge in [-0.15, -0.1) is 0 Å². The normalized spacial score (nSPS) is 11.1. The van der Waals surface area contributed by atoms with E-state index in [1.54, 1.807) is 4.40 Å². The van der Waals surface area contributed by atoms with Crippen molar-refractivity contribution in [2.75, 3.05) is 0 Å². The number of rotatable bonds is 0. The molecule has 2 heterocycles. The molecule has 0 radical (unpaired) electrons. The second-order valence-electron chi connectivity index (χ2n) is 3.19. The Bertz CT molecular complexity index is 663. The Morgan fingerprint density at radius 2 is 2.00 bits per heavy atom. The van der Waals surface area contributed by atoms with Gasteiger partial charge in [-0.25, -0.2) is 0 Å². The average molecular weight is 184 g/mol. The third-order valence-electron chi connectivity index (χ3n) is 2.36. The zero-order valence-corrected chi connectivity index (χ0v) is 7.40. The topological polar surface area (TPSA) is 41.4 Å². The average Bonchev–Trinajstić information content (AvgIpc) is 2.57. The van der Waals surface area contributed by atoms with E-state index in [-0.39, 0.29) is 5.68 Å². The zero-order valence-electron chi connectivity index (χ0n) is 7.40.